The van der Waals surface area contributed by atoms with Gasteiger partial charge in [-0.2, -0.15) is 0 Å². The van der Waals surface area contributed by atoms with E-state index >= 15 is 0 Å². The van der Waals surface area contributed by atoms with E-state index in [2.05, 4.69) is 10.6 Å². The molecular weight excluding hydrogens is 331 g/mol. The number of nitrogens with zero attached hydrogens (tertiary/aromatic N) is 1. The maximum Gasteiger partial charge on any atom is 0.326 e. The molecule has 25 heavy (non-hydrogen) atoms. The van der Waals surface area contributed by atoms with E-state index in [-0.39, 0.29) is 11.6 Å². The molecule has 3 N–H and O–H groups in total. The SMILES string of the molecule is C[C@]1(C2CC2)NC(=O)N(CC(=O)NC(=O)Nc2ccccc2F)C1=O. The lowest BCUT2D eigenvalue weighted by Gasteiger charge is -2.20. The molecule has 0 bridgehead atoms. The van der Waals surface area contributed by atoms with Crippen LogP contribution in [0.5, 0.6) is 0 Å². The molecule has 0 spiro atoms. The highest BCUT2D eigenvalue weighted by atomic mass is 19.1. The Morgan fingerprint density at radius 3 is 2.64 bits per heavy atom. The Balaban J connectivity index is 1.57. The number of carbonyl (C=O) groups excluding carboxylic acids is 4. The highest BCUT2D eigenvalue weighted by molar-refractivity contribution is 6.10. The quantitative estimate of drug-likeness (QED) is 0.711. The van der Waals surface area contributed by atoms with Crippen LogP contribution in [0.3, 0.4) is 0 Å². The van der Waals surface area contributed by atoms with E-state index in [4.69, 9.17) is 0 Å². The normalized spacial score (nSPS) is 22.6. The molecule has 9 heteroatoms. The van der Waals surface area contributed by atoms with Gasteiger partial charge < -0.3 is 10.6 Å². The molecule has 3 rings (SSSR count). The molecule has 132 valence electrons. The molecule has 1 atom stereocenters. The fourth-order valence-corrected chi connectivity index (χ4v) is 2.82. The Labute approximate surface area is 142 Å². The molecule has 1 aromatic carbocycles. The fraction of sp³-hybridized carbons (Fsp3) is 0.375. The number of imide groups is 2. The summed E-state index contributed by atoms with van der Waals surface area (Å²) < 4.78 is 13.5. The topological polar surface area (TPSA) is 108 Å². The lowest BCUT2D eigenvalue weighted by Crippen LogP contribution is -2.47. The van der Waals surface area contributed by atoms with Gasteiger partial charge in [-0.25, -0.2) is 14.0 Å². The van der Waals surface area contributed by atoms with E-state index in [1.807, 2.05) is 5.32 Å². The van der Waals surface area contributed by atoms with Crippen LogP contribution in [0.4, 0.5) is 19.7 Å². The molecule has 1 saturated heterocycles. The summed E-state index contributed by atoms with van der Waals surface area (Å²) in [7, 11) is 0. The first-order valence-electron chi connectivity index (χ1n) is 7.80. The van der Waals surface area contributed by atoms with Gasteiger partial charge in [0.15, 0.2) is 0 Å². The van der Waals surface area contributed by atoms with E-state index in [0.29, 0.717) is 0 Å². The van der Waals surface area contributed by atoms with Crippen LogP contribution in [-0.2, 0) is 9.59 Å². The lowest BCUT2D eigenvalue weighted by atomic mass is 9.96. The highest BCUT2D eigenvalue weighted by Crippen LogP contribution is 2.42. The first kappa shape index (κ1) is 16.9. The summed E-state index contributed by atoms with van der Waals surface area (Å²) in [5.41, 5.74) is -1.09. The van der Waals surface area contributed by atoms with Crippen molar-refractivity contribution in [3.05, 3.63) is 30.1 Å². The van der Waals surface area contributed by atoms with Gasteiger partial charge in [0, 0.05) is 0 Å². The number of benzene rings is 1. The maximum absolute atomic E-state index is 13.5. The Bertz CT molecular complexity index is 764. The second kappa shape index (κ2) is 6.15. The molecule has 2 fully saturated rings. The van der Waals surface area contributed by atoms with Gasteiger partial charge in [0.25, 0.3) is 5.91 Å². The van der Waals surface area contributed by atoms with E-state index in [9.17, 15) is 23.6 Å². The predicted molar refractivity (Wildman–Crippen MR) is 84.9 cm³/mol. The summed E-state index contributed by atoms with van der Waals surface area (Å²) in [5.74, 6) is -1.91. The van der Waals surface area contributed by atoms with Crippen LogP contribution in [0.15, 0.2) is 24.3 Å². The second-order valence-corrected chi connectivity index (χ2v) is 6.28. The zero-order valence-electron chi connectivity index (χ0n) is 13.5. The summed E-state index contributed by atoms with van der Waals surface area (Å²) in [5, 5.41) is 6.75. The molecule has 2 aliphatic rings. The average Bonchev–Trinajstić information content (AvgIpc) is 3.36. The summed E-state index contributed by atoms with van der Waals surface area (Å²) in [6.07, 6.45) is 1.68. The Morgan fingerprint density at radius 1 is 1.32 bits per heavy atom. The number of hydrogen-bond donors (Lipinski definition) is 3. The number of urea groups is 2. The molecule has 1 heterocycles. The largest absolute Gasteiger partial charge is 0.326 e. The van der Waals surface area contributed by atoms with Gasteiger partial charge in [0.05, 0.1) is 5.69 Å². The van der Waals surface area contributed by atoms with Crippen LogP contribution in [0.1, 0.15) is 19.8 Å². The Kier molecular flexibility index (Phi) is 4.15. The molecular formula is C16H17FN4O4. The molecule has 6 amide bonds. The summed E-state index contributed by atoms with van der Waals surface area (Å²) >= 11 is 0. The van der Waals surface area contributed by atoms with Gasteiger partial charge in [-0.1, -0.05) is 12.1 Å². The molecule has 0 aromatic heterocycles. The minimum Gasteiger partial charge on any atom is -0.323 e. The maximum atomic E-state index is 13.5. The van der Waals surface area contributed by atoms with E-state index < -0.39 is 41.8 Å². The van der Waals surface area contributed by atoms with Crippen LogP contribution in [-0.4, -0.2) is 40.9 Å². The molecule has 8 nitrogen and oxygen atoms in total. The monoisotopic (exact) mass is 348 g/mol. The second-order valence-electron chi connectivity index (χ2n) is 6.28. The molecule has 0 unspecified atom stereocenters. The van der Waals surface area contributed by atoms with Gasteiger partial charge in [0.2, 0.25) is 5.91 Å². The molecule has 1 aromatic rings. The standard InChI is InChI=1S/C16H17FN4O4/c1-16(9-6-7-9)13(23)21(15(25)20-16)8-12(22)19-14(24)18-11-5-3-2-4-10(11)17/h2-5,9H,6-8H2,1H3,(H,20,25)(H2,18,19,22,24)/t16-/m1/s1. The molecule has 1 saturated carbocycles. The number of amides is 6. The third-order valence-corrected chi connectivity index (χ3v) is 4.37. The van der Waals surface area contributed by atoms with Gasteiger partial charge in [0.1, 0.15) is 17.9 Å². The number of para-hydroxylation sites is 1. The summed E-state index contributed by atoms with van der Waals surface area (Å²) in [6.45, 7) is 1.05. The van der Waals surface area contributed by atoms with Crippen molar-refractivity contribution in [3.8, 4) is 0 Å². The lowest BCUT2D eigenvalue weighted by molar-refractivity contribution is -0.134. The average molecular weight is 348 g/mol. The zero-order chi connectivity index (χ0) is 18.2. The van der Waals surface area contributed by atoms with E-state index in [1.54, 1.807) is 6.92 Å². The third-order valence-electron chi connectivity index (χ3n) is 4.37. The number of nitrogens with one attached hydrogen (secondary N) is 3. The van der Waals surface area contributed by atoms with Crippen molar-refractivity contribution >= 4 is 29.6 Å². The molecule has 0 radical (unpaired) electrons. The summed E-state index contributed by atoms with van der Waals surface area (Å²) in [4.78, 5) is 48.8. The first-order valence-corrected chi connectivity index (χ1v) is 7.80. The van der Waals surface area contributed by atoms with Crippen molar-refractivity contribution in [2.75, 3.05) is 11.9 Å². The van der Waals surface area contributed by atoms with Gasteiger partial charge in [-0.15, -0.1) is 0 Å². The number of halogens is 1. The number of carbonyl (C=O) groups is 4. The highest BCUT2D eigenvalue weighted by Gasteiger charge is 2.56. The predicted octanol–water partition coefficient (Wildman–Crippen LogP) is 1.19. The van der Waals surface area contributed by atoms with Crippen LogP contribution >= 0.6 is 0 Å². The zero-order valence-corrected chi connectivity index (χ0v) is 13.5. The van der Waals surface area contributed by atoms with E-state index in [0.717, 1.165) is 23.8 Å². The van der Waals surface area contributed by atoms with Crippen molar-refractivity contribution in [1.29, 1.82) is 0 Å². The smallest absolute Gasteiger partial charge is 0.323 e. The van der Waals surface area contributed by atoms with Crippen LogP contribution in [0.2, 0.25) is 0 Å². The summed E-state index contributed by atoms with van der Waals surface area (Å²) in [6, 6.07) is 3.85. The van der Waals surface area contributed by atoms with Crippen LogP contribution in [0, 0.1) is 11.7 Å². The number of anilines is 1. The Hall–Kier alpha value is -2.97. The van der Waals surface area contributed by atoms with Crippen molar-refractivity contribution in [1.82, 2.24) is 15.5 Å². The number of rotatable bonds is 4. The van der Waals surface area contributed by atoms with Gasteiger partial charge >= 0.3 is 12.1 Å². The van der Waals surface area contributed by atoms with E-state index in [1.165, 1.54) is 18.2 Å². The third kappa shape index (κ3) is 3.30. The van der Waals surface area contributed by atoms with Crippen LogP contribution < -0.4 is 16.0 Å². The first-order chi connectivity index (χ1) is 11.8. The van der Waals surface area contributed by atoms with Gasteiger partial charge in [-0.3, -0.25) is 19.8 Å². The van der Waals surface area contributed by atoms with Crippen molar-refractivity contribution < 1.29 is 23.6 Å². The minimum atomic E-state index is -0.993. The molecule has 1 aliphatic heterocycles. The van der Waals surface area contributed by atoms with Crippen molar-refractivity contribution in [3.63, 3.8) is 0 Å². The Morgan fingerprint density at radius 2 is 2.00 bits per heavy atom. The minimum absolute atomic E-state index is 0.0707. The van der Waals surface area contributed by atoms with Crippen LogP contribution in [0.25, 0.3) is 0 Å². The number of hydrogen-bond acceptors (Lipinski definition) is 4. The van der Waals surface area contributed by atoms with Gasteiger partial charge in [-0.05, 0) is 37.8 Å². The fourth-order valence-electron chi connectivity index (χ4n) is 2.82. The van der Waals surface area contributed by atoms with Crippen molar-refractivity contribution in [2.45, 2.75) is 25.3 Å². The molecule has 1 aliphatic carbocycles. The van der Waals surface area contributed by atoms with Crippen molar-refractivity contribution in [2.24, 2.45) is 5.92 Å².